The van der Waals surface area contributed by atoms with Gasteiger partial charge in [0.25, 0.3) is 0 Å². The molecule has 232 valence electrons. The van der Waals surface area contributed by atoms with E-state index in [9.17, 15) is 9.90 Å². The summed E-state index contributed by atoms with van der Waals surface area (Å²) in [5.74, 6) is 0.658. The van der Waals surface area contributed by atoms with Crippen LogP contribution in [0.15, 0.2) is 63.9 Å². The maximum atomic E-state index is 12.7. The molecule has 0 aliphatic carbocycles. The molecular weight excluding hydrogens is 538 g/mol. The van der Waals surface area contributed by atoms with E-state index in [0.29, 0.717) is 17.2 Å². The Kier molecular flexibility index (Phi) is 13.6. The van der Waals surface area contributed by atoms with Crippen LogP contribution in [0.2, 0.25) is 0 Å². The number of hydrogen-bond donors (Lipinski definition) is 1. The highest BCUT2D eigenvalue weighted by Crippen LogP contribution is 2.31. The summed E-state index contributed by atoms with van der Waals surface area (Å²) in [4.78, 5) is 12.7. The number of rotatable bonds is 21. The number of aryl methyl sites for hydroxylation is 1. The first-order valence-electron chi connectivity index (χ1n) is 16.5. The molecule has 1 N–H and O–H groups in total. The van der Waals surface area contributed by atoms with Crippen molar-refractivity contribution in [3.8, 4) is 22.8 Å². The summed E-state index contributed by atoms with van der Waals surface area (Å²) in [5, 5.41) is 19.1. The van der Waals surface area contributed by atoms with Crippen molar-refractivity contribution in [3.05, 3.63) is 70.6 Å². The minimum atomic E-state index is -0.304. The molecule has 43 heavy (non-hydrogen) atoms. The van der Waals surface area contributed by atoms with Crippen LogP contribution in [0.1, 0.15) is 115 Å². The standard InChI is InChI=1S/C36H49N3O4/c1-2-3-4-5-6-7-8-9-10-11-12-13-14-15-16-20-23-39-27-30(37-38-39)28-42-31-24-32(40)36-33(41)26-34(43-35(36)25-31)29-21-18-17-19-22-29/h17-19,21-22,24-27,40H,2-16,20,23,28H2,1H3. The second-order valence-electron chi connectivity index (χ2n) is 11.7. The van der Waals surface area contributed by atoms with Gasteiger partial charge >= 0.3 is 0 Å². The molecule has 0 unspecified atom stereocenters. The maximum Gasteiger partial charge on any atom is 0.197 e. The number of benzene rings is 2. The molecule has 0 aliphatic heterocycles. The second kappa shape index (κ2) is 18.1. The Balaban J connectivity index is 1.10. The Hall–Kier alpha value is -3.61. The van der Waals surface area contributed by atoms with Crippen LogP contribution in [-0.4, -0.2) is 20.1 Å². The van der Waals surface area contributed by atoms with Crippen molar-refractivity contribution < 1.29 is 14.3 Å². The van der Waals surface area contributed by atoms with Gasteiger partial charge in [0, 0.05) is 30.3 Å². The fourth-order valence-corrected chi connectivity index (χ4v) is 5.56. The number of nitrogens with zero attached hydrogens (tertiary/aromatic N) is 3. The fraction of sp³-hybridized carbons (Fsp3) is 0.528. The molecule has 4 aromatic rings. The molecular formula is C36H49N3O4. The van der Waals surface area contributed by atoms with E-state index in [1.165, 1.54) is 108 Å². The molecule has 2 aromatic heterocycles. The number of unbranched alkanes of at least 4 members (excludes halogenated alkanes) is 15. The van der Waals surface area contributed by atoms with Gasteiger partial charge in [-0.25, -0.2) is 0 Å². The monoisotopic (exact) mass is 587 g/mol. The molecule has 7 nitrogen and oxygen atoms in total. The van der Waals surface area contributed by atoms with Gasteiger partial charge in [-0.15, -0.1) is 5.10 Å². The van der Waals surface area contributed by atoms with Gasteiger partial charge in [0.1, 0.15) is 40.5 Å². The number of phenolic OH excluding ortho intramolecular Hbond substituents is 1. The normalized spacial score (nSPS) is 11.4. The third-order valence-electron chi connectivity index (χ3n) is 8.06. The molecule has 2 aromatic carbocycles. The van der Waals surface area contributed by atoms with Crippen molar-refractivity contribution >= 4 is 11.0 Å². The molecule has 0 amide bonds. The lowest BCUT2D eigenvalue weighted by Crippen LogP contribution is -2.02. The molecule has 0 radical (unpaired) electrons. The van der Waals surface area contributed by atoms with Crippen molar-refractivity contribution in [3.63, 3.8) is 0 Å². The van der Waals surface area contributed by atoms with Crippen LogP contribution in [0.25, 0.3) is 22.3 Å². The Morgan fingerprint density at radius 3 is 2.02 bits per heavy atom. The van der Waals surface area contributed by atoms with Crippen molar-refractivity contribution in [1.82, 2.24) is 15.0 Å². The van der Waals surface area contributed by atoms with Crippen LogP contribution in [-0.2, 0) is 13.2 Å². The quantitative estimate of drug-likeness (QED) is 0.0976. The van der Waals surface area contributed by atoms with Crippen LogP contribution < -0.4 is 10.2 Å². The summed E-state index contributed by atoms with van der Waals surface area (Å²) in [6.07, 6.45) is 23.6. The number of aromatic nitrogens is 3. The first-order chi connectivity index (χ1) is 21.1. The zero-order valence-corrected chi connectivity index (χ0v) is 25.9. The van der Waals surface area contributed by atoms with Crippen LogP contribution in [0.3, 0.4) is 0 Å². The second-order valence-corrected chi connectivity index (χ2v) is 11.7. The highest BCUT2D eigenvalue weighted by atomic mass is 16.5. The Bertz CT molecular complexity index is 1410. The molecule has 0 atom stereocenters. The molecule has 0 fully saturated rings. The molecule has 0 bridgehead atoms. The Labute approximate surface area is 256 Å². The van der Waals surface area contributed by atoms with Crippen molar-refractivity contribution in [2.75, 3.05) is 0 Å². The predicted molar refractivity (Wildman–Crippen MR) is 173 cm³/mol. The van der Waals surface area contributed by atoms with E-state index in [4.69, 9.17) is 9.15 Å². The average Bonchev–Trinajstić information content (AvgIpc) is 3.47. The van der Waals surface area contributed by atoms with Gasteiger partial charge in [0.2, 0.25) is 0 Å². The topological polar surface area (TPSA) is 90.4 Å². The van der Waals surface area contributed by atoms with Gasteiger partial charge in [-0.3, -0.25) is 9.48 Å². The zero-order chi connectivity index (χ0) is 30.1. The number of hydrogen-bond acceptors (Lipinski definition) is 6. The van der Waals surface area contributed by atoms with E-state index in [1.807, 2.05) is 41.2 Å². The Morgan fingerprint density at radius 2 is 1.40 bits per heavy atom. The van der Waals surface area contributed by atoms with Crippen molar-refractivity contribution in [2.24, 2.45) is 0 Å². The first-order valence-corrected chi connectivity index (χ1v) is 16.5. The lowest BCUT2D eigenvalue weighted by atomic mass is 10.0. The summed E-state index contributed by atoms with van der Waals surface area (Å²) in [6, 6.07) is 13.9. The average molecular weight is 588 g/mol. The lowest BCUT2D eigenvalue weighted by molar-refractivity contribution is 0.299. The molecule has 7 heteroatoms. The van der Waals surface area contributed by atoms with Crippen LogP contribution in [0.5, 0.6) is 11.5 Å². The van der Waals surface area contributed by atoms with E-state index in [2.05, 4.69) is 17.2 Å². The van der Waals surface area contributed by atoms with Gasteiger partial charge in [-0.2, -0.15) is 0 Å². The van der Waals surface area contributed by atoms with Crippen molar-refractivity contribution in [1.29, 1.82) is 0 Å². The molecule has 0 saturated heterocycles. The van der Waals surface area contributed by atoms with E-state index < -0.39 is 0 Å². The van der Waals surface area contributed by atoms with Crippen molar-refractivity contribution in [2.45, 2.75) is 123 Å². The number of fused-ring (bicyclic) bond motifs is 1. The number of ether oxygens (including phenoxy) is 1. The maximum absolute atomic E-state index is 12.7. The minimum absolute atomic E-state index is 0.136. The van der Waals surface area contributed by atoms with Gasteiger partial charge in [0.05, 0.1) is 6.20 Å². The molecule has 4 rings (SSSR count). The molecule has 0 saturated carbocycles. The SMILES string of the molecule is CCCCCCCCCCCCCCCCCCn1cc(COc2cc(O)c3c(=O)cc(-c4ccccc4)oc3c2)nn1. The van der Waals surface area contributed by atoms with E-state index in [0.717, 1.165) is 18.5 Å². The van der Waals surface area contributed by atoms with Crippen LogP contribution in [0.4, 0.5) is 0 Å². The Morgan fingerprint density at radius 1 is 0.791 bits per heavy atom. The third kappa shape index (κ3) is 10.9. The first kappa shape index (κ1) is 32.3. The molecule has 0 spiro atoms. The lowest BCUT2D eigenvalue weighted by Gasteiger charge is -2.08. The molecule has 0 aliphatic rings. The number of phenols is 1. The van der Waals surface area contributed by atoms with E-state index in [-0.39, 0.29) is 28.8 Å². The van der Waals surface area contributed by atoms with Gasteiger partial charge in [0.15, 0.2) is 5.43 Å². The summed E-state index contributed by atoms with van der Waals surface area (Å²) in [5.41, 5.74) is 1.46. The fourth-order valence-electron chi connectivity index (χ4n) is 5.56. The summed E-state index contributed by atoms with van der Waals surface area (Å²) in [7, 11) is 0. The largest absolute Gasteiger partial charge is 0.507 e. The van der Waals surface area contributed by atoms with Gasteiger partial charge in [-0.05, 0) is 6.42 Å². The smallest absolute Gasteiger partial charge is 0.197 e. The summed E-state index contributed by atoms with van der Waals surface area (Å²) < 4.78 is 13.7. The summed E-state index contributed by atoms with van der Waals surface area (Å²) in [6.45, 7) is 3.32. The summed E-state index contributed by atoms with van der Waals surface area (Å²) >= 11 is 0. The zero-order valence-electron chi connectivity index (χ0n) is 25.9. The highest BCUT2D eigenvalue weighted by molar-refractivity contribution is 5.86. The minimum Gasteiger partial charge on any atom is -0.507 e. The van der Waals surface area contributed by atoms with E-state index >= 15 is 0 Å². The highest BCUT2D eigenvalue weighted by Gasteiger charge is 2.13. The van der Waals surface area contributed by atoms with Crippen LogP contribution >= 0.6 is 0 Å². The van der Waals surface area contributed by atoms with E-state index in [1.54, 1.807) is 6.07 Å². The van der Waals surface area contributed by atoms with Gasteiger partial charge < -0.3 is 14.3 Å². The third-order valence-corrected chi connectivity index (χ3v) is 8.06. The predicted octanol–water partition coefficient (Wildman–Crippen LogP) is 9.60. The van der Waals surface area contributed by atoms with Crippen LogP contribution in [0, 0.1) is 0 Å². The number of aromatic hydroxyl groups is 1. The van der Waals surface area contributed by atoms with Gasteiger partial charge in [-0.1, -0.05) is 139 Å². The molecule has 2 heterocycles.